The van der Waals surface area contributed by atoms with Gasteiger partial charge in [0.1, 0.15) is 5.75 Å². The van der Waals surface area contributed by atoms with Gasteiger partial charge in [0, 0.05) is 17.2 Å². The quantitative estimate of drug-likeness (QED) is 0.500. The van der Waals surface area contributed by atoms with Gasteiger partial charge >= 0.3 is 0 Å². The van der Waals surface area contributed by atoms with Gasteiger partial charge in [-0.25, -0.2) is 5.43 Å². The third kappa shape index (κ3) is 3.95. The van der Waals surface area contributed by atoms with E-state index in [0.29, 0.717) is 23.3 Å². The van der Waals surface area contributed by atoms with E-state index in [9.17, 15) is 20.0 Å². The van der Waals surface area contributed by atoms with Gasteiger partial charge in [-0.15, -0.1) is 0 Å². The molecule has 2 aromatic carbocycles. The number of rotatable bonds is 5. The molecule has 0 spiro atoms. The first-order valence-electron chi connectivity index (χ1n) is 7.33. The molecule has 0 fully saturated rings. The maximum Gasteiger partial charge on any atom is 0.272 e. The Balaban J connectivity index is 2.17. The molecular weight excluding hydrogens is 310 g/mol. The van der Waals surface area contributed by atoms with E-state index >= 15 is 0 Å². The number of aryl methyl sites for hydroxylation is 1. The van der Waals surface area contributed by atoms with Crippen LogP contribution in [-0.2, 0) is 0 Å². The van der Waals surface area contributed by atoms with Crippen LogP contribution in [0.15, 0.2) is 47.6 Å². The lowest BCUT2D eigenvalue weighted by Crippen LogP contribution is -2.20. The fourth-order valence-corrected chi connectivity index (χ4v) is 2.19. The van der Waals surface area contributed by atoms with Gasteiger partial charge in [0.25, 0.3) is 11.6 Å². The summed E-state index contributed by atoms with van der Waals surface area (Å²) in [6.07, 6.45) is 0.588. The SMILES string of the molecule is CCC(=NNC(=O)c1ccc([N+](=O)[O-])c(C)c1)c1ccc(O)cc1. The maximum absolute atomic E-state index is 12.2. The molecule has 0 bridgehead atoms. The summed E-state index contributed by atoms with van der Waals surface area (Å²) < 4.78 is 0. The molecule has 0 aromatic heterocycles. The van der Waals surface area contributed by atoms with Crippen molar-refractivity contribution < 1.29 is 14.8 Å². The molecule has 0 heterocycles. The first-order valence-corrected chi connectivity index (χ1v) is 7.33. The second-order valence-electron chi connectivity index (χ2n) is 5.16. The van der Waals surface area contributed by atoms with Crippen molar-refractivity contribution in [2.75, 3.05) is 0 Å². The van der Waals surface area contributed by atoms with E-state index < -0.39 is 10.8 Å². The standard InChI is InChI=1S/C17H17N3O4/c1-3-15(12-4-7-14(21)8-5-12)18-19-17(22)13-6-9-16(20(23)24)11(2)10-13/h4-10,21H,3H2,1-2H3,(H,19,22). The lowest BCUT2D eigenvalue weighted by atomic mass is 10.1. The van der Waals surface area contributed by atoms with E-state index in [1.54, 1.807) is 31.2 Å². The van der Waals surface area contributed by atoms with Crippen LogP contribution in [0.4, 0.5) is 5.69 Å². The molecule has 1 amide bonds. The normalized spacial score (nSPS) is 11.2. The number of phenolic OH excluding ortho intramolecular Hbond substituents is 1. The van der Waals surface area contributed by atoms with E-state index in [4.69, 9.17) is 0 Å². The second kappa shape index (κ2) is 7.36. The predicted molar refractivity (Wildman–Crippen MR) is 90.2 cm³/mol. The van der Waals surface area contributed by atoms with Crippen LogP contribution in [-0.4, -0.2) is 21.6 Å². The van der Waals surface area contributed by atoms with Crippen LogP contribution in [0.1, 0.15) is 34.8 Å². The van der Waals surface area contributed by atoms with Crippen molar-refractivity contribution in [1.29, 1.82) is 0 Å². The van der Waals surface area contributed by atoms with Crippen molar-refractivity contribution in [2.45, 2.75) is 20.3 Å². The maximum atomic E-state index is 12.2. The highest BCUT2D eigenvalue weighted by molar-refractivity contribution is 6.02. The molecule has 0 radical (unpaired) electrons. The molecule has 0 atom stereocenters. The molecule has 7 heteroatoms. The van der Waals surface area contributed by atoms with E-state index in [2.05, 4.69) is 10.5 Å². The number of carbonyl (C=O) groups excluding carboxylic acids is 1. The summed E-state index contributed by atoms with van der Waals surface area (Å²) in [7, 11) is 0. The number of hydrogen-bond donors (Lipinski definition) is 2. The van der Waals surface area contributed by atoms with Crippen molar-refractivity contribution in [3.63, 3.8) is 0 Å². The van der Waals surface area contributed by atoms with E-state index in [-0.39, 0.29) is 11.4 Å². The van der Waals surface area contributed by atoms with E-state index in [0.717, 1.165) is 5.56 Å². The van der Waals surface area contributed by atoms with Crippen LogP contribution in [0.5, 0.6) is 5.75 Å². The van der Waals surface area contributed by atoms with Crippen molar-refractivity contribution >= 4 is 17.3 Å². The predicted octanol–water partition coefficient (Wildman–Crippen LogP) is 3.15. The summed E-state index contributed by atoms with van der Waals surface area (Å²) in [6.45, 7) is 3.47. The van der Waals surface area contributed by atoms with Crippen molar-refractivity contribution in [3.05, 3.63) is 69.3 Å². The number of hydrazone groups is 1. The molecule has 2 aromatic rings. The number of aromatic hydroxyl groups is 1. The molecule has 0 saturated carbocycles. The number of nitrogens with one attached hydrogen (secondary N) is 1. The monoisotopic (exact) mass is 327 g/mol. The van der Waals surface area contributed by atoms with E-state index in [1.165, 1.54) is 18.2 Å². The molecule has 24 heavy (non-hydrogen) atoms. The average molecular weight is 327 g/mol. The highest BCUT2D eigenvalue weighted by atomic mass is 16.6. The Labute approximate surface area is 138 Å². The summed E-state index contributed by atoms with van der Waals surface area (Å²) >= 11 is 0. The number of benzene rings is 2. The first-order chi connectivity index (χ1) is 11.4. The Morgan fingerprint density at radius 1 is 1.21 bits per heavy atom. The summed E-state index contributed by atoms with van der Waals surface area (Å²) in [4.78, 5) is 22.5. The van der Waals surface area contributed by atoms with Crippen LogP contribution in [0.25, 0.3) is 0 Å². The molecule has 7 nitrogen and oxygen atoms in total. The number of hydrogen-bond acceptors (Lipinski definition) is 5. The van der Waals surface area contributed by atoms with E-state index in [1.807, 2.05) is 6.92 Å². The van der Waals surface area contributed by atoms with Gasteiger partial charge in [0.05, 0.1) is 10.6 Å². The average Bonchev–Trinajstić information content (AvgIpc) is 2.56. The minimum absolute atomic E-state index is 0.0339. The van der Waals surface area contributed by atoms with Gasteiger partial charge in [-0.3, -0.25) is 14.9 Å². The van der Waals surface area contributed by atoms with Crippen LogP contribution in [0.2, 0.25) is 0 Å². The van der Waals surface area contributed by atoms with Gasteiger partial charge in [-0.1, -0.05) is 6.92 Å². The molecule has 0 saturated heterocycles. The molecule has 2 N–H and O–H groups in total. The number of nitrogens with zero attached hydrogens (tertiary/aromatic N) is 2. The van der Waals surface area contributed by atoms with Crippen LogP contribution >= 0.6 is 0 Å². The largest absolute Gasteiger partial charge is 0.508 e. The zero-order valence-corrected chi connectivity index (χ0v) is 13.3. The highest BCUT2D eigenvalue weighted by Gasteiger charge is 2.13. The number of amides is 1. The topological polar surface area (TPSA) is 105 Å². The van der Waals surface area contributed by atoms with Crippen molar-refractivity contribution in [1.82, 2.24) is 5.43 Å². The smallest absolute Gasteiger partial charge is 0.272 e. The Kier molecular flexibility index (Phi) is 5.26. The van der Waals surface area contributed by atoms with Crippen molar-refractivity contribution in [2.24, 2.45) is 5.10 Å². The zero-order chi connectivity index (χ0) is 17.7. The van der Waals surface area contributed by atoms with Crippen LogP contribution < -0.4 is 5.43 Å². The number of nitro benzene ring substituents is 1. The molecule has 124 valence electrons. The highest BCUT2D eigenvalue weighted by Crippen LogP contribution is 2.18. The van der Waals surface area contributed by atoms with Gasteiger partial charge < -0.3 is 5.11 Å². The lowest BCUT2D eigenvalue weighted by Gasteiger charge is -2.06. The zero-order valence-electron chi connectivity index (χ0n) is 13.3. The van der Waals surface area contributed by atoms with Crippen molar-refractivity contribution in [3.8, 4) is 5.75 Å². The van der Waals surface area contributed by atoms with Gasteiger partial charge in [-0.2, -0.15) is 5.10 Å². The van der Waals surface area contributed by atoms with Gasteiger partial charge in [0.15, 0.2) is 0 Å². The van der Waals surface area contributed by atoms with Gasteiger partial charge in [0.2, 0.25) is 0 Å². The third-order valence-electron chi connectivity index (χ3n) is 3.48. The Hall–Kier alpha value is -3.22. The van der Waals surface area contributed by atoms with Crippen LogP contribution in [0.3, 0.4) is 0 Å². The molecule has 0 aliphatic rings. The number of nitro groups is 1. The fourth-order valence-electron chi connectivity index (χ4n) is 2.19. The minimum Gasteiger partial charge on any atom is -0.508 e. The Morgan fingerprint density at radius 3 is 2.38 bits per heavy atom. The summed E-state index contributed by atoms with van der Waals surface area (Å²) in [5.74, 6) is -0.294. The Morgan fingerprint density at radius 2 is 1.83 bits per heavy atom. The van der Waals surface area contributed by atoms with Gasteiger partial charge in [-0.05, 0) is 55.3 Å². The number of carbonyl (C=O) groups is 1. The lowest BCUT2D eigenvalue weighted by molar-refractivity contribution is -0.385. The Bertz CT molecular complexity index is 798. The molecular formula is C17H17N3O4. The molecule has 0 unspecified atom stereocenters. The molecule has 2 rings (SSSR count). The third-order valence-corrected chi connectivity index (χ3v) is 3.48. The molecule has 0 aliphatic carbocycles. The summed E-state index contributed by atoms with van der Waals surface area (Å²) in [6, 6.07) is 10.6. The minimum atomic E-state index is -0.491. The summed E-state index contributed by atoms with van der Waals surface area (Å²) in [5, 5.41) is 24.2. The first kappa shape index (κ1) is 17.1. The fraction of sp³-hybridized carbons (Fsp3) is 0.176. The second-order valence-corrected chi connectivity index (χ2v) is 5.16. The number of phenols is 1. The summed E-state index contributed by atoms with van der Waals surface area (Å²) in [5.41, 5.74) is 4.57. The molecule has 0 aliphatic heterocycles. The van der Waals surface area contributed by atoms with Crippen LogP contribution in [0, 0.1) is 17.0 Å².